The fourth-order valence-corrected chi connectivity index (χ4v) is 2.85. The number of halogens is 1. The molecule has 0 aromatic carbocycles. The van der Waals surface area contributed by atoms with Gasteiger partial charge in [-0.15, -0.1) is 22.7 Å². The van der Waals surface area contributed by atoms with Crippen LogP contribution in [0.15, 0.2) is 17.5 Å². The number of aliphatic hydroxyl groups is 1. The lowest BCUT2D eigenvalue weighted by Crippen LogP contribution is -1.80. The van der Waals surface area contributed by atoms with E-state index in [1.807, 2.05) is 17.5 Å². The molecule has 0 unspecified atom stereocenters. The Hall–Kier alpha value is -0.420. The smallest absolute Gasteiger partial charge is 0.133 e. The van der Waals surface area contributed by atoms with Crippen molar-refractivity contribution in [3.63, 3.8) is 0 Å². The van der Waals surface area contributed by atoms with Gasteiger partial charge in [0.2, 0.25) is 0 Å². The summed E-state index contributed by atoms with van der Waals surface area (Å²) in [7, 11) is 0. The average molecular weight is 232 g/mol. The van der Waals surface area contributed by atoms with Crippen LogP contribution in [0.3, 0.4) is 0 Å². The number of thiazole rings is 1. The van der Waals surface area contributed by atoms with Crippen molar-refractivity contribution < 1.29 is 5.11 Å². The van der Waals surface area contributed by atoms with E-state index < -0.39 is 0 Å². The Balaban J connectivity index is 2.35. The molecular weight excluding hydrogens is 226 g/mol. The number of nitrogens with zero attached hydrogens (tertiary/aromatic N) is 1. The first kappa shape index (κ1) is 9.15. The minimum atomic E-state index is -0.00436. The Morgan fingerprint density at radius 1 is 1.46 bits per heavy atom. The van der Waals surface area contributed by atoms with Gasteiger partial charge in [0.1, 0.15) is 5.01 Å². The highest BCUT2D eigenvalue weighted by molar-refractivity contribution is 7.23. The molecule has 1 N–H and O–H groups in total. The summed E-state index contributed by atoms with van der Waals surface area (Å²) in [6, 6.07) is 3.79. The van der Waals surface area contributed by atoms with E-state index in [0.29, 0.717) is 5.69 Å². The van der Waals surface area contributed by atoms with E-state index in [-0.39, 0.29) is 6.61 Å². The minimum Gasteiger partial charge on any atom is -0.390 e. The van der Waals surface area contributed by atoms with E-state index in [4.69, 9.17) is 16.7 Å². The van der Waals surface area contributed by atoms with Crippen molar-refractivity contribution >= 4 is 34.3 Å². The molecule has 0 bridgehead atoms. The third-order valence-electron chi connectivity index (χ3n) is 1.50. The van der Waals surface area contributed by atoms with Crippen molar-refractivity contribution in [2.24, 2.45) is 0 Å². The van der Waals surface area contributed by atoms with Gasteiger partial charge >= 0.3 is 0 Å². The van der Waals surface area contributed by atoms with Crippen molar-refractivity contribution in [2.45, 2.75) is 6.61 Å². The lowest BCUT2D eigenvalue weighted by Gasteiger charge is -1.86. The van der Waals surface area contributed by atoms with E-state index in [1.165, 1.54) is 22.7 Å². The third-order valence-corrected chi connectivity index (χ3v) is 3.79. The molecule has 2 aromatic heterocycles. The van der Waals surface area contributed by atoms with Crippen LogP contribution in [0.4, 0.5) is 0 Å². The van der Waals surface area contributed by atoms with Crippen molar-refractivity contribution in [1.82, 2.24) is 4.98 Å². The van der Waals surface area contributed by atoms with Crippen molar-refractivity contribution in [2.75, 3.05) is 0 Å². The largest absolute Gasteiger partial charge is 0.390 e. The number of hydrogen-bond acceptors (Lipinski definition) is 4. The van der Waals surface area contributed by atoms with E-state index in [0.717, 1.165) is 14.2 Å². The molecule has 0 aliphatic heterocycles. The summed E-state index contributed by atoms with van der Waals surface area (Å²) in [5.74, 6) is 0. The quantitative estimate of drug-likeness (QED) is 0.862. The summed E-state index contributed by atoms with van der Waals surface area (Å²) in [4.78, 5) is 5.28. The summed E-state index contributed by atoms with van der Waals surface area (Å²) < 4.78 is 0.760. The molecule has 2 heterocycles. The number of aromatic nitrogens is 1. The summed E-state index contributed by atoms with van der Waals surface area (Å²) in [6.07, 6.45) is 0. The second-order valence-electron chi connectivity index (χ2n) is 2.41. The number of rotatable bonds is 2. The molecule has 0 aliphatic carbocycles. The van der Waals surface area contributed by atoms with E-state index in [2.05, 4.69) is 4.98 Å². The number of aliphatic hydroxyl groups excluding tert-OH is 1. The molecule has 5 heteroatoms. The van der Waals surface area contributed by atoms with Gasteiger partial charge in [-0.05, 0) is 12.1 Å². The van der Waals surface area contributed by atoms with Crippen LogP contribution in [-0.2, 0) is 6.61 Å². The lowest BCUT2D eigenvalue weighted by atomic mass is 10.5. The zero-order valence-corrected chi connectivity index (χ0v) is 8.92. The molecule has 0 saturated carbocycles. The van der Waals surface area contributed by atoms with E-state index in [1.54, 1.807) is 0 Å². The van der Waals surface area contributed by atoms with Crippen LogP contribution in [0.1, 0.15) is 5.69 Å². The van der Waals surface area contributed by atoms with Crippen LogP contribution < -0.4 is 0 Å². The molecular formula is C8H6ClNOS2. The fourth-order valence-electron chi connectivity index (χ4n) is 0.922. The molecule has 0 amide bonds. The summed E-state index contributed by atoms with van der Waals surface area (Å²) in [6.45, 7) is -0.00436. The molecule has 0 radical (unpaired) electrons. The van der Waals surface area contributed by atoms with Gasteiger partial charge in [0.25, 0.3) is 0 Å². The maximum absolute atomic E-state index is 8.82. The average Bonchev–Trinajstić information content (AvgIpc) is 2.71. The molecule has 68 valence electrons. The van der Waals surface area contributed by atoms with Gasteiger partial charge in [-0.1, -0.05) is 11.6 Å². The first-order valence-corrected chi connectivity index (χ1v) is 5.68. The molecule has 0 fully saturated rings. The van der Waals surface area contributed by atoms with Gasteiger partial charge in [-0.2, -0.15) is 0 Å². The second kappa shape index (κ2) is 3.75. The monoisotopic (exact) mass is 231 g/mol. The molecule has 2 aromatic rings. The van der Waals surface area contributed by atoms with Gasteiger partial charge in [0.05, 0.1) is 21.5 Å². The Labute approximate surface area is 88.5 Å². The Kier molecular flexibility index (Phi) is 2.64. The maximum Gasteiger partial charge on any atom is 0.133 e. The van der Waals surface area contributed by atoms with Crippen LogP contribution in [0.25, 0.3) is 9.88 Å². The molecule has 0 atom stereocenters. The first-order chi connectivity index (χ1) is 6.29. The predicted octanol–water partition coefficient (Wildman–Crippen LogP) is 3.02. The lowest BCUT2D eigenvalue weighted by molar-refractivity contribution is 0.278. The molecule has 2 rings (SSSR count). The van der Waals surface area contributed by atoms with Crippen LogP contribution in [0, 0.1) is 0 Å². The Morgan fingerprint density at radius 3 is 2.85 bits per heavy atom. The minimum absolute atomic E-state index is 0.00436. The fraction of sp³-hybridized carbons (Fsp3) is 0.125. The summed E-state index contributed by atoms with van der Waals surface area (Å²) in [5.41, 5.74) is 0.713. The Bertz CT molecular complexity index is 410. The molecule has 0 aliphatic rings. The molecule has 0 spiro atoms. The zero-order chi connectivity index (χ0) is 9.26. The summed E-state index contributed by atoms with van der Waals surface area (Å²) >= 11 is 8.81. The highest BCUT2D eigenvalue weighted by Gasteiger charge is 2.06. The van der Waals surface area contributed by atoms with Crippen LogP contribution in [0.2, 0.25) is 4.34 Å². The number of thiophene rings is 1. The molecule has 2 nitrogen and oxygen atoms in total. The van der Waals surface area contributed by atoms with Crippen molar-refractivity contribution in [1.29, 1.82) is 0 Å². The second-order valence-corrected chi connectivity index (χ2v) is 4.98. The van der Waals surface area contributed by atoms with Crippen molar-refractivity contribution in [3.05, 3.63) is 27.5 Å². The van der Waals surface area contributed by atoms with Gasteiger partial charge in [0, 0.05) is 5.38 Å². The Morgan fingerprint density at radius 2 is 2.31 bits per heavy atom. The van der Waals surface area contributed by atoms with Gasteiger partial charge in [-0.3, -0.25) is 0 Å². The zero-order valence-electron chi connectivity index (χ0n) is 6.53. The van der Waals surface area contributed by atoms with Gasteiger partial charge < -0.3 is 5.11 Å². The van der Waals surface area contributed by atoms with E-state index in [9.17, 15) is 0 Å². The van der Waals surface area contributed by atoms with Crippen LogP contribution in [0.5, 0.6) is 0 Å². The maximum atomic E-state index is 8.82. The highest BCUT2D eigenvalue weighted by Crippen LogP contribution is 2.32. The molecule has 13 heavy (non-hydrogen) atoms. The van der Waals surface area contributed by atoms with Crippen molar-refractivity contribution in [3.8, 4) is 9.88 Å². The van der Waals surface area contributed by atoms with Crippen LogP contribution in [-0.4, -0.2) is 10.1 Å². The summed E-state index contributed by atoms with van der Waals surface area (Å²) in [5, 5.41) is 11.6. The van der Waals surface area contributed by atoms with Crippen LogP contribution >= 0.6 is 34.3 Å². The predicted molar refractivity (Wildman–Crippen MR) is 56.4 cm³/mol. The SMILES string of the molecule is OCc1csc(-c2ccc(Cl)s2)n1. The standard InChI is InChI=1S/C8H6ClNOS2/c9-7-2-1-6(13-7)8-10-5(3-11)4-12-8/h1-2,4,11H,3H2. The normalized spacial score (nSPS) is 10.6. The number of hydrogen-bond donors (Lipinski definition) is 1. The first-order valence-electron chi connectivity index (χ1n) is 3.60. The van der Waals surface area contributed by atoms with E-state index >= 15 is 0 Å². The highest BCUT2D eigenvalue weighted by atomic mass is 35.5. The molecule has 0 saturated heterocycles. The third kappa shape index (κ3) is 1.91. The van der Waals surface area contributed by atoms with Gasteiger partial charge in [-0.25, -0.2) is 4.98 Å². The topological polar surface area (TPSA) is 33.1 Å². The van der Waals surface area contributed by atoms with Gasteiger partial charge in [0.15, 0.2) is 0 Å².